The number of aromatic nitrogens is 2. The molecule has 0 radical (unpaired) electrons. The molecule has 0 N–H and O–H groups in total. The SMILES string of the molecule is Clc1cc(CSc2ccccc2)nc(Cl)n1. The first kappa shape index (κ1) is 11.7. The molecule has 16 heavy (non-hydrogen) atoms. The predicted octanol–water partition coefficient (Wildman–Crippen LogP) is 4.08. The minimum Gasteiger partial charge on any atom is -0.222 e. The molecule has 82 valence electrons. The van der Waals surface area contributed by atoms with Crippen molar-refractivity contribution < 1.29 is 0 Å². The zero-order valence-electron chi connectivity index (χ0n) is 8.23. The van der Waals surface area contributed by atoms with Crippen LogP contribution in [-0.2, 0) is 5.75 Å². The van der Waals surface area contributed by atoms with E-state index in [0.29, 0.717) is 5.15 Å². The van der Waals surface area contributed by atoms with Gasteiger partial charge < -0.3 is 0 Å². The van der Waals surface area contributed by atoms with Crippen LogP contribution in [0.3, 0.4) is 0 Å². The summed E-state index contributed by atoms with van der Waals surface area (Å²) in [4.78, 5) is 9.09. The third kappa shape index (κ3) is 3.37. The van der Waals surface area contributed by atoms with E-state index in [-0.39, 0.29) is 5.28 Å². The van der Waals surface area contributed by atoms with Crippen molar-refractivity contribution in [1.82, 2.24) is 9.97 Å². The fourth-order valence-electron chi connectivity index (χ4n) is 1.18. The van der Waals surface area contributed by atoms with Crippen LogP contribution in [0.25, 0.3) is 0 Å². The zero-order valence-corrected chi connectivity index (χ0v) is 10.6. The van der Waals surface area contributed by atoms with Crippen LogP contribution in [0.4, 0.5) is 0 Å². The maximum atomic E-state index is 5.79. The molecule has 0 fully saturated rings. The van der Waals surface area contributed by atoms with Crippen molar-refractivity contribution in [3.05, 3.63) is 52.5 Å². The van der Waals surface area contributed by atoms with Crippen molar-refractivity contribution in [3.63, 3.8) is 0 Å². The first-order valence-electron chi connectivity index (χ1n) is 4.61. The van der Waals surface area contributed by atoms with E-state index in [4.69, 9.17) is 23.2 Å². The van der Waals surface area contributed by atoms with Gasteiger partial charge in [-0.3, -0.25) is 0 Å². The number of thioether (sulfide) groups is 1. The summed E-state index contributed by atoms with van der Waals surface area (Å²) in [6.45, 7) is 0. The lowest BCUT2D eigenvalue weighted by atomic mass is 10.4. The van der Waals surface area contributed by atoms with Crippen molar-refractivity contribution in [2.24, 2.45) is 0 Å². The minimum atomic E-state index is 0.191. The summed E-state index contributed by atoms with van der Waals surface area (Å²) in [6.07, 6.45) is 0. The number of rotatable bonds is 3. The first-order valence-corrected chi connectivity index (χ1v) is 6.35. The van der Waals surface area contributed by atoms with Gasteiger partial charge in [-0.1, -0.05) is 29.8 Å². The molecule has 0 spiro atoms. The van der Waals surface area contributed by atoms with Crippen LogP contribution < -0.4 is 0 Å². The smallest absolute Gasteiger partial charge is 0.222 e. The van der Waals surface area contributed by atoms with Crippen LogP contribution in [0.2, 0.25) is 10.4 Å². The molecule has 1 aromatic carbocycles. The Balaban J connectivity index is 2.05. The molecule has 2 nitrogen and oxygen atoms in total. The number of benzene rings is 1. The maximum absolute atomic E-state index is 5.79. The number of nitrogens with zero attached hydrogens (tertiary/aromatic N) is 2. The van der Waals surface area contributed by atoms with Crippen LogP contribution in [0.1, 0.15) is 5.69 Å². The Morgan fingerprint density at radius 2 is 1.81 bits per heavy atom. The predicted molar refractivity (Wildman–Crippen MR) is 68.1 cm³/mol. The number of hydrogen-bond acceptors (Lipinski definition) is 3. The Morgan fingerprint density at radius 1 is 1.06 bits per heavy atom. The van der Waals surface area contributed by atoms with Crippen molar-refractivity contribution in [2.75, 3.05) is 0 Å². The van der Waals surface area contributed by atoms with Gasteiger partial charge in [0.25, 0.3) is 0 Å². The lowest BCUT2D eigenvalue weighted by Crippen LogP contribution is -1.90. The van der Waals surface area contributed by atoms with Crippen LogP contribution in [0.5, 0.6) is 0 Å². The summed E-state index contributed by atoms with van der Waals surface area (Å²) in [5, 5.41) is 0.569. The molecule has 0 amide bonds. The molecule has 0 aliphatic carbocycles. The third-order valence-electron chi connectivity index (χ3n) is 1.85. The zero-order chi connectivity index (χ0) is 11.4. The van der Waals surface area contributed by atoms with Gasteiger partial charge in [-0.2, -0.15) is 0 Å². The molecule has 2 aromatic rings. The second-order valence-corrected chi connectivity index (χ2v) is 4.83. The summed E-state index contributed by atoms with van der Waals surface area (Å²) in [7, 11) is 0. The van der Waals surface area contributed by atoms with Crippen LogP contribution >= 0.6 is 35.0 Å². The largest absolute Gasteiger partial charge is 0.224 e. The highest BCUT2D eigenvalue weighted by Crippen LogP contribution is 2.22. The average Bonchev–Trinajstić information content (AvgIpc) is 2.27. The molecule has 0 unspecified atom stereocenters. The summed E-state index contributed by atoms with van der Waals surface area (Å²) in [5.41, 5.74) is 0.832. The maximum Gasteiger partial charge on any atom is 0.224 e. The van der Waals surface area contributed by atoms with Gasteiger partial charge in [0.2, 0.25) is 5.28 Å². The van der Waals surface area contributed by atoms with Crippen LogP contribution in [-0.4, -0.2) is 9.97 Å². The van der Waals surface area contributed by atoms with E-state index >= 15 is 0 Å². The van der Waals surface area contributed by atoms with Crippen LogP contribution in [0, 0.1) is 0 Å². The Kier molecular flexibility index (Phi) is 4.04. The molecule has 1 heterocycles. The van der Waals surface area contributed by atoms with E-state index in [0.717, 1.165) is 11.4 Å². The van der Waals surface area contributed by atoms with Gasteiger partial charge >= 0.3 is 0 Å². The molecule has 0 bridgehead atoms. The Labute approximate surface area is 108 Å². The second kappa shape index (κ2) is 5.53. The van der Waals surface area contributed by atoms with E-state index in [2.05, 4.69) is 22.1 Å². The topological polar surface area (TPSA) is 25.8 Å². The second-order valence-electron chi connectivity index (χ2n) is 3.05. The highest BCUT2D eigenvalue weighted by Gasteiger charge is 2.02. The summed E-state index contributed by atoms with van der Waals surface area (Å²) < 4.78 is 0. The van der Waals surface area contributed by atoms with Crippen molar-refractivity contribution >= 4 is 35.0 Å². The summed E-state index contributed by atoms with van der Waals surface area (Å²) in [5.74, 6) is 0.728. The standard InChI is InChI=1S/C11H8Cl2N2S/c12-10-6-8(14-11(13)15-10)7-16-9-4-2-1-3-5-9/h1-6H,7H2. The fourth-order valence-corrected chi connectivity index (χ4v) is 2.44. The van der Waals surface area contributed by atoms with Gasteiger partial charge in [-0.15, -0.1) is 11.8 Å². The molecule has 0 atom stereocenters. The van der Waals surface area contributed by atoms with Gasteiger partial charge in [0.15, 0.2) is 0 Å². The summed E-state index contributed by atoms with van der Waals surface area (Å²) >= 11 is 13.2. The van der Waals surface area contributed by atoms with Gasteiger partial charge in [-0.05, 0) is 29.8 Å². The molecule has 0 aliphatic heterocycles. The molecular weight excluding hydrogens is 263 g/mol. The van der Waals surface area contributed by atoms with Gasteiger partial charge in [0.1, 0.15) is 5.15 Å². The quantitative estimate of drug-likeness (QED) is 0.478. The van der Waals surface area contributed by atoms with E-state index < -0.39 is 0 Å². The van der Waals surface area contributed by atoms with E-state index in [1.165, 1.54) is 4.90 Å². The molecule has 1 aromatic heterocycles. The van der Waals surface area contributed by atoms with E-state index in [1.807, 2.05) is 18.2 Å². The van der Waals surface area contributed by atoms with Gasteiger partial charge in [0, 0.05) is 10.6 Å². The van der Waals surface area contributed by atoms with Crippen LogP contribution in [0.15, 0.2) is 41.3 Å². The third-order valence-corrected chi connectivity index (χ3v) is 3.26. The van der Waals surface area contributed by atoms with Crippen molar-refractivity contribution in [3.8, 4) is 0 Å². The van der Waals surface area contributed by atoms with Crippen molar-refractivity contribution in [2.45, 2.75) is 10.6 Å². The molecular formula is C11H8Cl2N2S. The lowest BCUT2D eigenvalue weighted by Gasteiger charge is -2.01. The molecule has 0 aliphatic rings. The molecule has 0 saturated heterocycles. The minimum absolute atomic E-state index is 0.191. The first-order chi connectivity index (χ1) is 7.74. The Hall–Kier alpha value is -0.770. The molecule has 5 heteroatoms. The van der Waals surface area contributed by atoms with E-state index in [1.54, 1.807) is 17.8 Å². The lowest BCUT2D eigenvalue weighted by molar-refractivity contribution is 1.09. The molecule has 0 saturated carbocycles. The number of hydrogen-bond donors (Lipinski definition) is 0. The average molecular weight is 271 g/mol. The Morgan fingerprint density at radius 3 is 2.50 bits per heavy atom. The van der Waals surface area contributed by atoms with Crippen molar-refractivity contribution in [1.29, 1.82) is 0 Å². The normalized spacial score (nSPS) is 10.4. The van der Waals surface area contributed by atoms with E-state index in [9.17, 15) is 0 Å². The monoisotopic (exact) mass is 270 g/mol. The van der Waals surface area contributed by atoms with Gasteiger partial charge in [-0.25, -0.2) is 9.97 Å². The Bertz CT molecular complexity index is 456. The highest BCUT2D eigenvalue weighted by molar-refractivity contribution is 7.98. The van der Waals surface area contributed by atoms with Gasteiger partial charge in [0.05, 0.1) is 5.69 Å². The number of halogens is 2. The molecule has 2 rings (SSSR count). The highest BCUT2D eigenvalue weighted by atomic mass is 35.5. The fraction of sp³-hybridized carbons (Fsp3) is 0.0909. The summed E-state index contributed by atoms with van der Waals surface area (Å²) in [6, 6.07) is 11.8.